The highest BCUT2D eigenvalue weighted by molar-refractivity contribution is 5.23. The molecule has 4 rings (SSSR count). The molecule has 9 unspecified atom stereocenters. The Kier molecular flexibility index (Phi) is 32.0. The summed E-state index contributed by atoms with van der Waals surface area (Å²) in [5.74, 6) is 5.96. The first kappa shape index (κ1) is 64.0. The smallest absolute Gasteiger partial charge is 0.0470 e. The summed E-state index contributed by atoms with van der Waals surface area (Å²) in [4.78, 5) is 2.82. The molecule has 1 aliphatic heterocycles. The van der Waals surface area contributed by atoms with E-state index in [-0.39, 0.29) is 0 Å². The van der Waals surface area contributed by atoms with Gasteiger partial charge in [0.1, 0.15) is 0 Å². The quantitative estimate of drug-likeness (QED) is 0.0484. The number of nitrogens with zero attached hydrogens (tertiary/aromatic N) is 1. The molecular weight excluding hydrogens is 881 g/mol. The summed E-state index contributed by atoms with van der Waals surface area (Å²) in [6.45, 7) is 37.9. The number of allylic oxidation sites excluding steroid dienone is 6. The summed E-state index contributed by atoms with van der Waals surface area (Å²) in [5.41, 5.74) is 6.76. The zero-order valence-corrected chi connectivity index (χ0v) is 50.8. The van der Waals surface area contributed by atoms with Crippen LogP contribution in [0.5, 0.6) is 0 Å². The predicted octanol–water partition coefficient (Wildman–Crippen LogP) is 22.5. The van der Waals surface area contributed by atoms with Crippen LogP contribution in [0.25, 0.3) is 0 Å². The fraction of sp³-hybridized carbons (Fsp3) is 0.859. The molecule has 0 aromatic rings. The van der Waals surface area contributed by atoms with E-state index >= 15 is 0 Å². The molecule has 0 bridgehead atoms. The van der Waals surface area contributed by atoms with Crippen molar-refractivity contribution < 1.29 is 0 Å². The van der Waals surface area contributed by atoms with E-state index in [0.717, 1.165) is 67.6 Å². The van der Waals surface area contributed by atoms with E-state index in [1.165, 1.54) is 261 Å². The molecule has 3 fully saturated rings. The standard InChI is InChI=1S/C71H128N2/c1-12-15-16-17-18-19-20-21-22-23-24-25-26-27-28-29-30-32-41-63(57-73-52-35-31-36-53-73)42-34-33-39-61(8)69(48-43-59(6)14-3)72-62(9)54-64-49-51-70(10)56-65(44-45-66(70)55-64)68-47-46-67(71(68,11)50-13-2)60(7)40-37-38-58(4)5/h21-22,45,58,60,63-65,67-69,72H,6,8-9,12-20,23-44,46-57H2,1-5,7,10-11H3/b22-21-. The van der Waals surface area contributed by atoms with Crippen molar-refractivity contribution in [3.8, 4) is 0 Å². The van der Waals surface area contributed by atoms with Crippen LogP contribution in [0.2, 0.25) is 0 Å². The van der Waals surface area contributed by atoms with Gasteiger partial charge in [-0.05, 0) is 207 Å². The van der Waals surface area contributed by atoms with E-state index in [9.17, 15) is 0 Å². The molecule has 73 heavy (non-hydrogen) atoms. The molecule has 2 nitrogen and oxygen atoms in total. The van der Waals surface area contributed by atoms with Crippen LogP contribution < -0.4 is 5.32 Å². The van der Waals surface area contributed by atoms with Gasteiger partial charge in [0.2, 0.25) is 0 Å². The van der Waals surface area contributed by atoms with Crippen LogP contribution in [0.15, 0.2) is 60.4 Å². The lowest BCUT2D eigenvalue weighted by Crippen LogP contribution is -2.40. The first-order valence-corrected chi connectivity index (χ1v) is 33.2. The second-order valence-corrected chi connectivity index (χ2v) is 27.2. The Labute approximate surface area is 458 Å². The summed E-state index contributed by atoms with van der Waals surface area (Å²) < 4.78 is 0. The van der Waals surface area contributed by atoms with Crippen molar-refractivity contribution in [3.05, 3.63) is 60.4 Å². The Balaban J connectivity index is 1.19. The van der Waals surface area contributed by atoms with Gasteiger partial charge in [-0.25, -0.2) is 0 Å². The van der Waals surface area contributed by atoms with Crippen molar-refractivity contribution in [2.45, 2.75) is 318 Å². The zero-order chi connectivity index (χ0) is 52.7. The topological polar surface area (TPSA) is 15.3 Å². The number of likely N-dealkylation sites (tertiary alicyclic amines) is 1. The minimum absolute atomic E-state index is 0.311. The average molecular weight is 1010 g/mol. The Hall–Kier alpha value is -1.54. The van der Waals surface area contributed by atoms with Gasteiger partial charge in [0.05, 0.1) is 0 Å². The van der Waals surface area contributed by atoms with Crippen molar-refractivity contribution in [1.82, 2.24) is 10.2 Å². The monoisotopic (exact) mass is 1010 g/mol. The summed E-state index contributed by atoms with van der Waals surface area (Å²) in [6, 6.07) is 0.311. The van der Waals surface area contributed by atoms with Crippen LogP contribution in [-0.4, -0.2) is 30.6 Å². The fourth-order valence-corrected chi connectivity index (χ4v) is 15.7. The van der Waals surface area contributed by atoms with Gasteiger partial charge in [-0.15, -0.1) is 0 Å². The number of fused-ring (bicyclic) bond motifs is 1. The third-order valence-corrected chi connectivity index (χ3v) is 20.4. The van der Waals surface area contributed by atoms with Crippen LogP contribution in [-0.2, 0) is 0 Å². The highest BCUT2D eigenvalue weighted by atomic mass is 15.1. The van der Waals surface area contributed by atoms with Gasteiger partial charge in [0.15, 0.2) is 0 Å². The number of hydrogen-bond donors (Lipinski definition) is 1. The maximum atomic E-state index is 4.80. The number of unbranched alkanes of at least 4 members (excludes halogenated alkanes) is 15. The number of nitrogens with one attached hydrogen (secondary N) is 1. The Morgan fingerprint density at radius 3 is 1.99 bits per heavy atom. The Morgan fingerprint density at radius 2 is 1.34 bits per heavy atom. The molecule has 0 aromatic carbocycles. The van der Waals surface area contributed by atoms with Crippen molar-refractivity contribution in [1.29, 1.82) is 0 Å². The molecule has 422 valence electrons. The van der Waals surface area contributed by atoms with Crippen LogP contribution >= 0.6 is 0 Å². The lowest BCUT2D eigenvalue weighted by atomic mass is 9.55. The summed E-state index contributed by atoms with van der Waals surface area (Å²) in [7, 11) is 0. The average Bonchev–Trinajstić information content (AvgIpc) is 3.71. The molecule has 1 N–H and O–H groups in total. The zero-order valence-electron chi connectivity index (χ0n) is 50.8. The highest BCUT2D eigenvalue weighted by Gasteiger charge is 2.52. The lowest BCUT2D eigenvalue weighted by Gasteiger charge is -2.50. The SMILES string of the molecule is C=C(CC)CCC(NC(=C)CC1CCC2(C)CC(C3CCC(C(C)CCCC(C)C)C3(C)CCC)CC=C2C1)C(=C)CCCCC(CCCCCCCCCC/C=C\CCCCCCCC)CN1CCCCC1. The van der Waals surface area contributed by atoms with Crippen molar-refractivity contribution in [2.75, 3.05) is 19.6 Å². The number of piperidine rings is 1. The van der Waals surface area contributed by atoms with Crippen molar-refractivity contribution in [2.24, 2.45) is 52.3 Å². The molecule has 4 aliphatic rings. The molecular formula is C71H128N2. The Bertz CT molecular complexity index is 1540. The maximum absolute atomic E-state index is 4.80. The summed E-state index contributed by atoms with van der Waals surface area (Å²) in [6.07, 6.45) is 62.1. The van der Waals surface area contributed by atoms with Crippen molar-refractivity contribution >= 4 is 0 Å². The molecule has 9 atom stereocenters. The molecule has 0 spiro atoms. The lowest BCUT2D eigenvalue weighted by molar-refractivity contribution is 0.0407. The highest BCUT2D eigenvalue weighted by Crippen LogP contribution is 2.61. The predicted molar refractivity (Wildman–Crippen MR) is 327 cm³/mol. The van der Waals surface area contributed by atoms with Gasteiger partial charge in [-0.3, -0.25) is 0 Å². The fourth-order valence-electron chi connectivity index (χ4n) is 15.7. The van der Waals surface area contributed by atoms with E-state index in [2.05, 4.69) is 90.4 Å². The van der Waals surface area contributed by atoms with Gasteiger partial charge in [0, 0.05) is 18.3 Å². The van der Waals surface area contributed by atoms with Crippen molar-refractivity contribution in [3.63, 3.8) is 0 Å². The molecule has 0 radical (unpaired) electrons. The van der Waals surface area contributed by atoms with Gasteiger partial charge in [-0.2, -0.15) is 0 Å². The van der Waals surface area contributed by atoms with Gasteiger partial charge in [-0.1, -0.05) is 226 Å². The second-order valence-electron chi connectivity index (χ2n) is 27.2. The third-order valence-electron chi connectivity index (χ3n) is 20.4. The molecule has 3 aliphatic carbocycles. The van der Waals surface area contributed by atoms with Crippen LogP contribution in [0.1, 0.15) is 312 Å². The minimum atomic E-state index is 0.311. The van der Waals surface area contributed by atoms with E-state index in [1.807, 2.05) is 0 Å². The largest absolute Gasteiger partial charge is 0.382 e. The Morgan fingerprint density at radius 1 is 0.699 bits per heavy atom. The van der Waals surface area contributed by atoms with Crippen LogP contribution in [0.3, 0.4) is 0 Å². The molecule has 0 amide bonds. The van der Waals surface area contributed by atoms with Crippen LogP contribution in [0.4, 0.5) is 0 Å². The number of hydrogen-bond acceptors (Lipinski definition) is 2. The molecule has 2 saturated carbocycles. The van der Waals surface area contributed by atoms with Gasteiger partial charge < -0.3 is 10.2 Å². The molecule has 1 saturated heterocycles. The second kappa shape index (κ2) is 36.5. The van der Waals surface area contributed by atoms with E-state index in [4.69, 9.17) is 13.2 Å². The normalized spacial score (nSPS) is 26.0. The summed E-state index contributed by atoms with van der Waals surface area (Å²) in [5, 5.41) is 4.04. The molecule has 2 heteroatoms. The number of rotatable bonds is 42. The first-order chi connectivity index (χ1) is 35.3. The summed E-state index contributed by atoms with van der Waals surface area (Å²) >= 11 is 0. The van der Waals surface area contributed by atoms with E-state index < -0.39 is 0 Å². The van der Waals surface area contributed by atoms with E-state index in [0.29, 0.717) is 22.8 Å². The third kappa shape index (κ3) is 23.9. The first-order valence-electron chi connectivity index (χ1n) is 33.2. The van der Waals surface area contributed by atoms with Gasteiger partial charge in [0.25, 0.3) is 0 Å². The maximum Gasteiger partial charge on any atom is 0.0470 e. The molecule has 0 aromatic heterocycles. The van der Waals surface area contributed by atoms with E-state index in [1.54, 1.807) is 5.57 Å². The van der Waals surface area contributed by atoms with Crippen LogP contribution in [0, 0.1) is 52.3 Å². The van der Waals surface area contributed by atoms with Gasteiger partial charge >= 0.3 is 0 Å². The molecule has 1 heterocycles. The minimum Gasteiger partial charge on any atom is -0.382 e.